The van der Waals surface area contributed by atoms with Crippen molar-refractivity contribution in [2.45, 2.75) is 65.2 Å². The molecule has 0 aliphatic heterocycles. The zero-order valence-corrected chi connectivity index (χ0v) is 11.4. The van der Waals surface area contributed by atoms with E-state index >= 15 is 0 Å². The van der Waals surface area contributed by atoms with Crippen LogP contribution in [0.3, 0.4) is 0 Å². The minimum atomic E-state index is 0.127. The van der Waals surface area contributed by atoms with Crippen LogP contribution >= 0.6 is 0 Å². The SMILES string of the molecule is C=C(C)C(=O)C=C(CCCC)C1CCCCC1. The van der Waals surface area contributed by atoms with E-state index in [2.05, 4.69) is 13.5 Å². The van der Waals surface area contributed by atoms with Gasteiger partial charge in [-0.2, -0.15) is 0 Å². The van der Waals surface area contributed by atoms with Crippen molar-refractivity contribution in [1.82, 2.24) is 0 Å². The Balaban J connectivity index is 2.70. The summed E-state index contributed by atoms with van der Waals surface area (Å²) in [4.78, 5) is 11.8. The molecule has 0 aromatic carbocycles. The molecule has 17 heavy (non-hydrogen) atoms. The van der Waals surface area contributed by atoms with Gasteiger partial charge < -0.3 is 0 Å². The average Bonchev–Trinajstić information content (AvgIpc) is 2.35. The van der Waals surface area contributed by atoms with E-state index in [-0.39, 0.29) is 5.78 Å². The quantitative estimate of drug-likeness (QED) is 0.602. The van der Waals surface area contributed by atoms with Crippen LogP contribution < -0.4 is 0 Å². The Labute approximate surface area is 106 Å². The summed E-state index contributed by atoms with van der Waals surface area (Å²) >= 11 is 0. The molecule has 0 unspecified atom stereocenters. The normalized spacial score (nSPS) is 18.1. The summed E-state index contributed by atoms with van der Waals surface area (Å²) in [5, 5.41) is 0. The molecule has 1 rings (SSSR count). The summed E-state index contributed by atoms with van der Waals surface area (Å²) in [6.45, 7) is 7.75. The molecule has 1 aliphatic rings. The molecule has 0 amide bonds. The Bertz CT molecular complexity index is 293. The van der Waals surface area contributed by atoms with Gasteiger partial charge in [-0.25, -0.2) is 0 Å². The molecule has 1 nitrogen and oxygen atoms in total. The molecule has 0 saturated heterocycles. The number of allylic oxidation sites excluding steroid dienone is 3. The maximum Gasteiger partial charge on any atom is 0.180 e. The van der Waals surface area contributed by atoms with Crippen LogP contribution in [0, 0.1) is 5.92 Å². The van der Waals surface area contributed by atoms with Gasteiger partial charge in [0.15, 0.2) is 5.78 Å². The maximum absolute atomic E-state index is 11.8. The zero-order chi connectivity index (χ0) is 12.7. The first-order chi connectivity index (χ1) is 8.15. The van der Waals surface area contributed by atoms with Crippen molar-refractivity contribution in [3.8, 4) is 0 Å². The zero-order valence-electron chi connectivity index (χ0n) is 11.4. The summed E-state index contributed by atoms with van der Waals surface area (Å²) < 4.78 is 0. The van der Waals surface area contributed by atoms with Crippen molar-refractivity contribution >= 4 is 5.78 Å². The Morgan fingerprint density at radius 2 is 1.94 bits per heavy atom. The molecule has 0 radical (unpaired) electrons. The second-order valence-electron chi connectivity index (χ2n) is 5.30. The molecule has 0 aromatic heterocycles. The molecule has 1 heteroatoms. The standard InChI is InChI=1S/C16H26O/c1-4-5-9-15(12-16(17)13(2)3)14-10-7-6-8-11-14/h12,14H,2,4-11H2,1,3H3. The molecule has 0 atom stereocenters. The second kappa shape index (κ2) is 7.47. The maximum atomic E-state index is 11.8. The molecule has 0 N–H and O–H groups in total. The van der Waals surface area contributed by atoms with Crippen LogP contribution in [0.25, 0.3) is 0 Å². The molecule has 1 aliphatic carbocycles. The second-order valence-corrected chi connectivity index (χ2v) is 5.30. The number of unbranched alkanes of at least 4 members (excludes halogenated alkanes) is 1. The molecule has 0 spiro atoms. The van der Waals surface area contributed by atoms with Gasteiger partial charge in [-0.05, 0) is 50.2 Å². The number of ketones is 1. The van der Waals surface area contributed by atoms with Crippen molar-refractivity contribution in [2.75, 3.05) is 0 Å². The molecule has 96 valence electrons. The average molecular weight is 234 g/mol. The van der Waals surface area contributed by atoms with Crippen molar-refractivity contribution in [3.05, 3.63) is 23.8 Å². The molecule has 1 saturated carbocycles. The largest absolute Gasteiger partial charge is 0.290 e. The number of hydrogen-bond acceptors (Lipinski definition) is 1. The van der Waals surface area contributed by atoms with Crippen LogP contribution in [0.5, 0.6) is 0 Å². The van der Waals surface area contributed by atoms with E-state index in [0.717, 1.165) is 6.42 Å². The molecular formula is C16H26O. The topological polar surface area (TPSA) is 17.1 Å². The van der Waals surface area contributed by atoms with E-state index in [1.165, 1.54) is 50.5 Å². The van der Waals surface area contributed by atoms with Gasteiger partial charge in [0.1, 0.15) is 0 Å². The Morgan fingerprint density at radius 1 is 1.29 bits per heavy atom. The lowest BCUT2D eigenvalue weighted by Gasteiger charge is -2.24. The summed E-state index contributed by atoms with van der Waals surface area (Å²) in [6.07, 6.45) is 12.0. The molecule has 0 bridgehead atoms. The molecular weight excluding hydrogens is 208 g/mol. The fraction of sp³-hybridized carbons (Fsp3) is 0.688. The number of rotatable bonds is 6. The first-order valence-corrected chi connectivity index (χ1v) is 7.05. The minimum Gasteiger partial charge on any atom is -0.290 e. The van der Waals surface area contributed by atoms with Gasteiger partial charge in [-0.3, -0.25) is 4.79 Å². The van der Waals surface area contributed by atoms with Crippen LogP contribution in [-0.2, 0) is 4.79 Å². The highest BCUT2D eigenvalue weighted by atomic mass is 16.1. The van der Waals surface area contributed by atoms with Gasteiger partial charge in [0.05, 0.1) is 0 Å². The lowest BCUT2D eigenvalue weighted by atomic mass is 9.81. The van der Waals surface area contributed by atoms with Crippen LogP contribution in [0.2, 0.25) is 0 Å². The highest BCUT2D eigenvalue weighted by molar-refractivity contribution is 6.03. The predicted molar refractivity (Wildman–Crippen MR) is 74.0 cm³/mol. The first-order valence-electron chi connectivity index (χ1n) is 7.05. The lowest BCUT2D eigenvalue weighted by molar-refractivity contribution is -0.111. The first kappa shape index (κ1) is 14.2. The van der Waals surface area contributed by atoms with Gasteiger partial charge in [0.2, 0.25) is 0 Å². The van der Waals surface area contributed by atoms with Crippen molar-refractivity contribution in [1.29, 1.82) is 0 Å². The van der Waals surface area contributed by atoms with E-state index in [9.17, 15) is 4.79 Å². The summed E-state index contributed by atoms with van der Waals surface area (Å²) in [6, 6.07) is 0. The predicted octanol–water partition coefficient (Wildman–Crippen LogP) is 4.83. The third-order valence-corrected chi connectivity index (χ3v) is 3.69. The van der Waals surface area contributed by atoms with Gasteiger partial charge in [0, 0.05) is 0 Å². The monoisotopic (exact) mass is 234 g/mol. The van der Waals surface area contributed by atoms with Gasteiger partial charge in [0.25, 0.3) is 0 Å². The lowest BCUT2D eigenvalue weighted by Crippen LogP contribution is -2.11. The van der Waals surface area contributed by atoms with Crippen LogP contribution in [0.15, 0.2) is 23.8 Å². The van der Waals surface area contributed by atoms with Gasteiger partial charge >= 0.3 is 0 Å². The van der Waals surface area contributed by atoms with E-state index < -0.39 is 0 Å². The van der Waals surface area contributed by atoms with Crippen LogP contribution in [-0.4, -0.2) is 5.78 Å². The third-order valence-electron chi connectivity index (χ3n) is 3.69. The minimum absolute atomic E-state index is 0.127. The number of carbonyl (C=O) groups excluding carboxylic acids is 1. The fourth-order valence-electron chi connectivity index (χ4n) is 2.54. The van der Waals surface area contributed by atoms with Gasteiger partial charge in [-0.15, -0.1) is 0 Å². The highest BCUT2D eigenvalue weighted by Gasteiger charge is 2.18. The van der Waals surface area contributed by atoms with Crippen molar-refractivity contribution in [3.63, 3.8) is 0 Å². The summed E-state index contributed by atoms with van der Waals surface area (Å²) in [5.41, 5.74) is 2.05. The Hall–Kier alpha value is -0.850. The number of hydrogen-bond donors (Lipinski definition) is 0. The van der Waals surface area contributed by atoms with Crippen molar-refractivity contribution < 1.29 is 4.79 Å². The van der Waals surface area contributed by atoms with E-state index in [4.69, 9.17) is 0 Å². The van der Waals surface area contributed by atoms with E-state index in [1.54, 1.807) is 6.92 Å². The molecule has 1 fully saturated rings. The third kappa shape index (κ3) is 4.89. The van der Waals surface area contributed by atoms with Crippen LogP contribution in [0.1, 0.15) is 65.2 Å². The fourth-order valence-corrected chi connectivity index (χ4v) is 2.54. The Morgan fingerprint density at radius 3 is 2.47 bits per heavy atom. The summed E-state index contributed by atoms with van der Waals surface area (Å²) in [7, 11) is 0. The Kier molecular flexibility index (Phi) is 6.25. The molecule has 0 heterocycles. The molecule has 0 aromatic rings. The van der Waals surface area contributed by atoms with Crippen LogP contribution in [0.4, 0.5) is 0 Å². The number of carbonyl (C=O) groups is 1. The summed E-state index contributed by atoms with van der Waals surface area (Å²) in [5.74, 6) is 0.792. The smallest absolute Gasteiger partial charge is 0.180 e. The highest BCUT2D eigenvalue weighted by Crippen LogP contribution is 2.32. The van der Waals surface area contributed by atoms with E-state index in [1.807, 2.05) is 6.08 Å². The van der Waals surface area contributed by atoms with Gasteiger partial charge in [-0.1, -0.05) is 44.8 Å². The van der Waals surface area contributed by atoms with E-state index in [0.29, 0.717) is 11.5 Å². The van der Waals surface area contributed by atoms with Crippen molar-refractivity contribution in [2.24, 2.45) is 5.92 Å².